The van der Waals surface area contributed by atoms with E-state index in [0.29, 0.717) is 0 Å². The fraction of sp³-hybridized carbons (Fsp3) is 0.538. The van der Waals surface area contributed by atoms with Gasteiger partial charge in [-0.25, -0.2) is 4.39 Å². The number of aliphatic hydroxyl groups is 1. The molecule has 1 rings (SSSR count). The van der Waals surface area contributed by atoms with E-state index in [9.17, 15) is 22.7 Å². The molecule has 0 heterocycles. The van der Waals surface area contributed by atoms with Crippen LogP contribution in [0.15, 0.2) is 24.3 Å². The highest BCUT2D eigenvalue weighted by Gasteiger charge is 2.29. The average molecular weight is 295 g/mol. The lowest BCUT2D eigenvalue weighted by Gasteiger charge is -2.18. The SMILES string of the molecule is CC(CC(F)(F)F)NCC(O)COc1ccccc1F. The summed E-state index contributed by atoms with van der Waals surface area (Å²) in [6, 6.07) is 4.89. The Bertz CT molecular complexity index is 412. The molecule has 2 atom stereocenters. The molecular formula is C13H17F4NO2. The first-order chi connectivity index (χ1) is 9.28. The molecule has 3 nitrogen and oxygen atoms in total. The fourth-order valence-electron chi connectivity index (χ4n) is 1.56. The number of hydrogen-bond acceptors (Lipinski definition) is 3. The van der Waals surface area contributed by atoms with Crippen LogP contribution < -0.4 is 10.1 Å². The van der Waals surface area contributed by atoms with E-state index in [-0.39, 0.29) is 18.9 Å². The van der Waals surface area contributed by atoms with Crippen LogP contribution in [-0.2, 0) is 0 Å². The molecule has 0 radical (unpaired) electrons. The summed E-state index contributed by atoms with van der Waals surface area (Å²) in [5, 5.41) is 12.1. The van der Waals surface area contributed by atoms with Gasteiger partial charge in [0.15, 0.2) is 11.6 Å². The zero-order chi connectivity index (χ0) is 15.2. The molecule has 2 N–H and O–H groups in total. The molecule has 0 amide bonds. The first kappa shape index (κ1) is 16.7. The first-order valence-electron chi connectivity index (χ1n) is 6.13. The molecule has 114 valence electrons. The van der Waals surface area contributed by atoms with Crippen molar-refractivity contribution in [2.45, 2.75) is 31.7 Å². The summed E-state index contributed by atoms with van der Waals surface area (Å²) in [5.74, 6) is -0.562. The van der Waals surface area contributed by atoms with Gasteiger partial charge in [-0.05, 0) is 19.1 Å². The standard InChI is InChI=1S/C13H17F4NO2/c1-9(6-13(15,16)17)18-7-10(19)8-20-12-5-3-2-4-11(12)14/h2-5,9-10,18-19H,6-8H2,1H3. The second kappa shape index (κ2) is 7.44. The Hall–Kier alpha value is -1.34. The van der Waals surface area contributed by atoms with Gasteiger partial charge >= 0.3 is 6.18 Å². The average Bonchev–Trinajstić information content (AvgIpc) is 2.33. The minimum Gasteiger partial charge on any atom is -0.488 e. The van der Waals surface area contributed by atoms with Gasteiger partial charge in [0.25, 0.3) is 0 Å². The lowest BCUT2D eigenvalue weighted by atomic mass is 10.2. The minimum absolute atomic E-state index is 0.00473. The van der Waals surface area contributed by atoms with Crippen LogP contribution in [0, 0.1) is 5.82 Å². The van der Waals surface area contributed by atoms with Crippen LogP contribution in [0.2, 0.25) is 0 Å². The van der Waals surface area contributed by atoms with Gasteiger partial charge in [0.1, 0.15) is 12.7 Å². The molecular weight excluding hydrogens is 278 g/mol. The van der Waals surface area contributed by atoms with Crippen molar-refractivity contribution in [3.63, 3.8) is 0 Å². The third kappa shape index (κ3) is 6.72. The van der Waals surface area contributed by atoms with Crippen molar-refractivity contribution in [3.8, 4) is 5.75 Å². The van der Waals surface area contributed by atoms with E-state index in [1.165, 1.54) is 25.1 Å². The van der Waals surface area contributed by atoms with Crippen LogP contribution in [0.5, 0.6) is 5.75 Å². The summed E-state index contributed by atoms with van der Waals surface area (Å²) in [7, 11) is 0. The Labute approximate surface area is 114 Å². The van der Waals surface area contributed by atoms with Gasteiger partial charge in [0.2, 0.25) is 0 Å². The Kier molecular flexibility index (Phi) is 6.22. The maximum absolute atomic E-state index is 13.2. The maximum atomic E-state index is 13.2. The summed E-state index contributed by atoms with van der Waals surface area (Å²) in [4.78, 5) is 0. The summed E-state index contributed by atoms with van der Waals surface area (Å²) < 4.78 is 54.5. The monoisotopic (exact) mass is 295 g/mol. The van der Waals surface area contributed by atoms with E-state index >= 15 is 0 Å². The zero-order valence-electron chi connectivity index (χ0n) is 11.0. The number of aliphatic hydroxyl groups excluding tert-OH is 1. The van der Waals surface area contributed by atoms with Gasteiger partial charge < -0.3 is 15.2 Å². The summed E-state index contributed by atoms with van der Waals surface area (Å²) in [6.45, 7) is 1.11. The van der Waals surface area contributed by atoms with Crippen LogP contribution >= 0.6 is 0 Å². The Morgan fingerprint density at radius 3 is 2.55 bits per heavy atom. The van der Waals surface area contributed by atoms with Crippen molar-refractivity contribution in [1.29, 1.82) is 0 Å². The number of halogens is 4. The predicted octanol–water partition coefficient (Wildman–Crippen LogP) is 2.50. The van der Waals surface area contributed by atoms with Crippen LogP contribution in [-0.4, -0.2) is 36.6 Å². The van der Waals surface area contributed by atoms with Gasteiger partial charge in [0.05, 0.1) is 6.42 Å². The summed E-state index contributed by atoms with van der Waals surface area (Å²) in [5.41, 5.74) is 0. The third-order valence-electron chi connectivity index (χ3n) is 2.51. The van der Waals surface area contributed by atoms with Crippen molar-refractivity contribution in [2.24, 2.45) is 0 Å². The molecule has 7 heteroatoms. The number of alkyl halides is 3. The summed E-state index contributed by atoms with van der Waals surface area (Å²) in [6.07, 6.45) is -6.25. The molecule has 2 unspecified atom stereocenters. The molecule has 0 bridgehead atoms. The highest BCUT2D eigenvalue weighted by molar-refractivity contribution is 5.23. The molecule has 1 aromatic rings. The van der Waals surface area contributed by atoms with Crippen LogP contribution in [0.1, 0.15) is 13.3 Å². The lowest BCUT2D eigenvalue weighted by molar-refractivity contribution is -0.139. The van der Waals surface area contributed by atoms with Gasteiger partial charge in [-0.3, -0.25) is 0 Å². The minimum atomic E-state index is -4.25. The van der Waals surface area contributed by atoms with E-state index < -0.39 is 30.6 Å². The highest BCUT2D eigenvalue weighted by Crippen LogP contribution is 2.21. The largest absolute Gasteiger partial charge is 0.488 e. The fourth-order valence-corrected chi connectivity index (χ4v) is 1.56. The zero-order valence-corrected chi connectivity index (χ0v) is 11.0. The second-order valence-electron chi connectivity index (χ2n) is 4.52. The highest BCUT2D eigenvalue weighted by atomic mass is 19.4. The van der Waals surface area contributed by atoms with Crippen molar-refractivity contribution in [1.82, 2.24) is 5.32 Å². The Balaban J connectivity index is 2.27. The van der Waals surface area contributed by atoms with Crippen LogP contribution in [0.3, 0.4) is 0 Å². The predicted molar refractivity (Wildman–Crippen MR) is 66.0 cm³/mol. The quantitative estimate of drug-likeness (QED) is 0.759. The number of benzene rings is 1. The number of hydrogen-bond donors (Lipinski definition) is 2. The van der Waals surface area contributed by atoms with Gasteiger partial charge in [-0.15, -0.1) is 0 Å². The molecule has 20 heavy (non-hydrogen) atoms. The topological polar surface area (TPSA) is 41.5 Å². The first-order valence-corrected chi connectivity index (χ1v) is 6.13. The van der Waals surface area contributed by atoms with Gasteiger partial charge in [0, 0.05) is 12.6 Å². The smallest absolute Gasteiger partial charge is 0.390 e. The van der Waals surface area contributed by atoms with Crippen molar-refractivity contribution >= 4 is 0 Å². The van der Waals surface area contributed by atoms with E-state index in [1.807, 2.05) is 0 Å². The normalized spacial score (nSPS) is 14.9. The molecule has 0 fully saturated rings. The second-order valence-corrected chi connectivity index (χ2v) is 4.52. The molecule has 0 aromatic heterocycles. The Morgan fingerprint density at radius 1 is 1.30 bits per heavy atom. The molecule has 0 spiro atoms. The molecule has 0 saturated carbocycles. The van der Waals surface area contributed by atoms with Crippen molar-refractivity contribution in [2.75, 3.05) is 13.2 Å². The molecule has 1 aromatic carbocycles. The number of para-hydroxylation sites is 1. The third-order valence-corrected chi connectivity index (χ3v) is 2.51. The molecule has 0 saturated heterocycles. The van der Waals surface area contributed by atoms with Crippen molar-refractivity contribution < 1.29 is 27.4 Å². The molecule has 0 aliphatic rings. The molecule has 0 aliphatic carbocycles. The molecule has 0 aliphatic heterocycles. The van der Waals surface area contributed by atoms with E-state index in [1.54, 1.807) is 6.07 Å². The van der Waals surface area contributed by atoms with Crippen LogP contribution in [0.25, 0.3) is 0 Å². The number of rotatable bonds is 7. The van der Waals surface area contributed by atoms with E-state index in [0.717, 1.165) is 0 Å². The van der Waals surface area contributed by atoms with Crippen LogP contribution in [0.4, 0.5) is 17.6 Å². The maximum Gasteiger partial charge on any atom is 0.390 e. The number of nitrogens with one attached hydrogen (secondary N) is 1. The summed E-state index contributed by atoms with van der Waals surface area (Å²) >= 11 is 0. The van der Waals surface area contributed by atoms with Crippen molar-refractivity contribution in [3.05, 3.63) is 30.1 Å². The Morgan fingerprint density at radius 2 is 1.95 bits per heavy atom. The van der Waals surface area contributed by atoms with E-state index in [2.05, 4.69) is 5.32 Å². The lowest BCUT2D eigenvalue weighted by Crippen LogP contribution is -2.38. The number of ether oxygens (including phenoxy) is 1. The van der Waals surface area contributed by atoms with Gasteiger partial charge in [-0.1, -0.05) is 12.1 Å². The van der Waals surface area contributed by atoms with Gasteiger partial charge in [-0.2, -0.15) is 13.2 Å². The van der Waals surface area contributed by atoms with E-state index in [4.69, 9.17) is 4.74 Å².